The molecule has 0 aromatic heterocycles. The fourth-order valence-electron chi connectivity index (χ4n) is 5.67. The molecule has 0 aliphatic heterocycles. The van der Waals surface area contributed by atoms with Crippen molar-refractivity contribution in [2.24, 2.45) is 5.73 Å². The molecule has 0 heterocycles. The molecule has 7 N–H and O–H groups in total. The van der Waals surface area contributed by atoms with Crippen LogP contribution in [0.3, 0.4) is 0 Å². The van der Waals surface area contributed by atoms with Gasteiger partial charge >= 0.3 is 0 Å². The van der Waals surface area contributed by atoms with Crippen LogP contribution in [0.25, 0.3) is 0 Å². The molecule has 0 spiro atoms. The number of hydrogen-bond donors (Lipinski definition) is 6. The Kier molecular flexibility index (Phi) is 23.4. The van der Waals surface area contributed by atoms with Crippen LogP contribution in [0.4, 0.5) is 0 Å². The average Bonchev–Trinajstić information content (AvgIpc) is 3.10. The van der Waals surface area contributed by atoms with Gasteiger partial charge in [-0.3, -0.25) is 4.79 Å². The van der Waals surface area contributed by atoms with E-state index in [2.05, 4.69) is 67.7 Å². The zero-order valence-corrected chi connectivity index (χ0v) is 29.9. The van der Waals surface area contributed by atoms with Gasteiger partial charge in [-0.1, -0.05) is 127 Å². The largest absolute Gasteiger partial charge is 0.394 e. The number of rotatable bonds is 25. The lowest BCUT2D eigenvalue weighted by atomic mass is 9.92. The minimum Gasteiger partial charge on any atom is -0.394 e. The Morgan fingerprint density at radius 1 is 0.553 bits per heavy atom. The van der Waals surface area contributed by atoms with Gasteiger partial charge in [0.1, 0.15) is 0 Å². The summed E-state index contributed by atoms with van der Waals surface area (Å²) in [5.41, 5.74) is 9.20. The Bertz CT molecular complexity index is 1030. The lowest BCUT2D eigenvalue weighted by molar-refractivity contribution is -0.122. The first-order chi connectivity index (χ1) is 22.7. The molecule has 2 rings (SSSR count). The topological polar surface area (TPSA) is 136 Å². The maximum Gasteiger partial charge on any atom is 0.217 e. The van der Waals surface area contributed by atoms with Crippen molar-refractivity contribution in [3.63, 3.8) is 0 Å². The average molecular weight is 657 g/mol. The number of nitrogens with two attached hydrogens (primary N) is 1. The van der Waals surface area contributed by atoms with Crippen LogP contribution in [-0.4, -0.2) is 63.8 Å². The minimum atomic E-state index is -0.941. The third-order valence-electron chi connectivity index (χ3n) is 9.16. The predicted molar refractivity (Wildman–Crippen MR) is 195 cm³/mol. The highest BCUT2D eigenvalue weighted by Gasteiger charge is 2.29. The number of carbonyl (C=O) groups is 1. The monoisotopic (exact) mass is 657 g/mol. The summed E-state index contributed by atoms with van der Waals surface area (Å²) < 4.78 is 0. The number of benzene rings is 2. The van der Waals surface area contributed by atoms with Crippen LogP contribution in [-0.2, 0) is 30.5 Å². The number of carbonyl (C=O) groups excluding carboxylic acids is 1. The van der Waals surface area contributed by atoms with Gasteiger partial charge in [0.25, 0.3) is 0 Å². The van der Waals surface area contributed by atoms with Crippen LogP contribution in [0.5, 0.6) is 0 Å². The first-order valence-corrected chi connectivity index (χ1v) is 18.4. The molecule has 0 fully saturated rings. The molecular formula is C40H68N2O5. The molecule has 0 atom stereocenters. The van der Waals surface area contributed by atoms with Crippen LogP contribution in [0.15, 0.2) is 48.5 Å². The third kappa shape index (κ3) is 19.3. The van der Waals surface area contributed by atoms with Crippen molar-refractivity contribution in [1.29, 1.82) is 0 Å². The summed E-state index contributed by atoms with van der Waals surface area (Å²) in [5.74, 6) is -0.239. The van der Waals surface area contributed by atoms with E-state index in [1.807, 2.05) is 0 Å². The molecule has 0 aliphatic carbocycles. The third-order valence-corrected chi connectivity index (χ3v) is 9.16. The molecule has 0 radical (unpaired) electrons. The van der Waals surface area contributed by atoms with E-state index in [-0.39, 0.29) is 32.3 Å². The lowest BCUT2D eigenvalue weighted by Gasteiger charge is -2.30. The van der Waals surface area contributed by atoms with Crippen LogP contribution in [0, 0.1) is 0 Å². The van der Waals surface area contributed by atoms with Gasteiger partial charge in [-0.25, -0.2) is 0 Å². The Labute approximate surface area is 286 Å². The van der Waals surface area contributed by atoms with Crippen molar-refractivity contribution in [3.05, 3.63) is 70.8 Å². The summed E-state index contributed by atoms with van der Waals surface area (Å²) in [5, 5.41) is 40.2. The Morgan fingerprint density at radius 3 is 1.23 bits per heavy atom. The SMILES string of the molecule is CCCCCCCCc1ccc(CCC(CO)(CO)NC(C)=O)cc1.CCCCCCCCc1ccc(CCC(N)(CO)CO)cc1. The number of unbranched alkanes of at least 4 members (excludes halogenated alkanes) is 10. The molecule has 7 heteroatoms. The van der Waals surface area contributed by atoms with Crippen molar-refractivity contribution in [3.8, 4) is 0 Å². The highest BCUT2D eigenvalue weighted by molar-refractivity contribution is 5.73. The number of amides is 1. The van der Waals surface area contributed by atoms with E-state index in [1.165, 1.54) is 101 Å². The van der Waals surface area contributed by atoms with E-state index >= 15 is 0 Å². The summed E-state index contributed by atoms with van der Waals surface area (Å²) >= 11 is 0. The Balaban J connectivity index is 0.000000474. The highest BCUT2D eigenvalue weighted by atomic mass is 16.3. The fraction of sp³-hybridized carbons (Fsp3) is 0.675. The second kappa shape index (κ2) is 25.7. The normalized spacial score (nSPS) is 11.7. The van der Waals surface area contributed by atoms with Gasteiger partial charge in [-0.05, 0) is 73.6 Å². The van der Waals surface area contributed by atoms with Crippen LogP contribution in [0.2, 0.25) is 0 Å². The molecular weight excluding hydrogens is 588 g/mol. The number of nitrogens with one attached hydrogen (secondary N) is 1. The summed E-state index contributed by atoms with van der Waals surface area (Å²) in [6, 6.07) is 17.2. The van der Waals surface area contributed by atoms with E-state index in [4.69, 9.17) is 5.73 Å². The van der Waals surface area contributed by atoms with Crippen molar-refractivity contribution in [1.82, 2.24) is 5.32 Å². The molecule has 0 bridgehead atoms. The van der Waals surface area contributed by atoms with E-state index in [1.54, 1.807) is 0 Å². The van der Waals surface area contributed by atoms with E-state index in [0.29, 0.717) is 19.3 Å². The molecule has 1 amide bonds. The van der Waals surface area contributed by atoms with E-state index < -0.39 is 11.1 Å². The molecule has 268 valence electrons. The van der Waals surface area contributed by atoms with Gasteiger partial charge in [0.05, 0.1) is 37.5 Å². The maximum atomic E-state index is 11.3. The molecule has 0 saturated heterocycles. The fourth-order valence-corrected chi connectivity index (χ4v) is 5.67. The number of aliphatic hydroxyl groups excluding tert-OH is 4. The molecule has 0 unspecified atom stereocenters. The molecule has 7 nitrogen and oxygen atoms in total. The number of aryl methyl sites for hydroxylation is 4. The second-order valence-electron chi connectivity index (χ2n) is 13.6. The summed E-state index contributed by atoms with van der Waals surface area (Å²) in [6.45, 7) is 5.00. The van der Waals surface area contributed by atoms with Gasteiger partial charge in [-0.15, -0.1) is 0 Å². The molecule has 2 aromatic carbocycles. The Morgan fingerprint density at radius 2 is 0.894 bits per heavy atom. The smallest absolute Gasteiger partial charge is 0.217 e. The van der Waals surface area contributed by atoms with E-state index in [0.717, 1.165) is 24.8 Å². The van der Waals surface area contributed by atoms with Gasteiger partial charge in [0.15, 0.2) is 0 Å². The molecule has 0 saturated carbocycles. The molecule has 0 aliphatic rings. The van der Waals surface area contributed by atoms with Crippen molar-refractivity contribution in [2.75, 3.05) is 26.4 Å². The first kappa shape index (κ1) is 42.7. The number of aliphatic hydroxyl groups is 4. The van der Waals surface area contributed by atoms with Crippen molar-refractivity contribution in [2.45, 2.75) is 147 Å². The minimum absolute atomic E-state index is 0.181. The second-order valence-corrected chi connectivity index (χ2v) is 13.6. The van der Waals surface area contributed by atoms with Crippen LogP contribution in [0.1, 0.15) is 133 Å². The zero-order valence-electron chi connectivity index (χ0n) is 29.9. The summed E-state index contributed by atoms with van der Waals surface area (Å²) in [6.07, 6.45) is 20.7. The van der Waals surface area contributed by atoms with Crippen LogP contribution < -0.4 is 11.1 Å². The van der Waals surface area contributed by atoms with Gasteiger partial charge < -0.3 is 31.5 Å². The van der Waals surface area contributed by atoms with E-state index in [9.17, 15) is 25.2 Å². The standard InChI is InChI=1S/C21H35NO3.C19H33NO2/c1-3-4-5-6-7-8-9-19-10-12-20(13-11-19)14-15-21(16-23,17-24)22-18(2)25;1-2-3-4-5-6-7-8-17-9-11-18(12-10-17)13-14-19(20,15-21)16-22/h10-13,23-24H,3-9,14-17H2,1-2H3,(H,22,25);9-12,21-22H,2-8,13-16,20H2,1H3. The molecule has 47 heavy (non-hydrogen) atoms. The lowest BCUT2D eigenvalue weighted by Crippen LogP contribution is -2.53. The summed E-state index contributed by atoms with van der Waals surface area (Å²) in [4.78, 5) is 11.3. The maximum absolute atomic E-state index is 11.3. The molecule has 2 aromatic rings. The van der Waals surface area contributed by atoms with Gasteiger partial charge in [0, 0.05) is 6.92 Å². The quantitative estimate of drug-likeness (QED) is 0.0668. The van der Waals surface area contributed by atoms with Gasteiger partial charge in [-0.2, -0.15) is 0 Å². The van der Waals surface area contributed by atoms with Crippen molar-refractivity contribution < 1.29 is 25.2 Å². The van der Waals surface area contributed by atoms with Crippen molar-refractivity contribution >= 4 is 5.91 Å². The Hall–Kier alpha value is -2.29. The first-order valence-electron chi connectivity index (χ1n) is 18.4. The number of hydrogen-bond acceptors (Lipinski definition) is 6. The zero-order chi connectivity index (χ0) is 34.8. The summed E-state index contributed by atoms with van der Waals surface area (Å²) in [7, 11) is 0. The predicted octanol–water partition coefficient (Wildman–Crippen LogP) is 6.59. The van der Waals surface area contributed by atoms with Gasteiger partial charge in [0.2, 0.25) is 5.91 Å². The van der Waals surface area contributed by atoms with Crippen LogP contribution >= 0.6 is 0 Å². The highest BCUT2D eigenvalue weighted by Crippen LogP contribution is 2.17.